The molecule has 0 aromatic carbocycles. The molecule has 122 valence electrons. The molecule has 1 unspecified atom stereocenters. The highest BCUT2D eigenvalue weighted by atomic mass is 16.2. The monoisotopic (exact) mass is 296 g/mol. The van der Waals surface area contributed by atoms with Gasteiger partial charge >= 0.3 is 0 Å². The summed E-state index contributed by atoms with van der Waals surface area (Å²) < 4.78 is 0. The van der Waals surface area contributed by atoms with E-state index in [1.165, 1.54) is 19.3 Å². The van der Waals surface area contributed by atoms with E-state index in [1.54, 1.807) is 0 Å². The number of carbonyl (C=O) groups is 1. The smallest absolute Gasteiger partial charge is 0.237 e. The van der Waals surface area contributed by atoms with Crippen LogP contribution in [0.1, 0.15) is 45.4 Å². The molecule has 1 saturated carbocycles. The van der Waals surface area contributed by atoms with Crippen molar-refractivity contribution >= 4 is 5.91 Å². The predicted molar refractivity (Wildman–Crippen MR) is 86.2 cm³/mol. The minimum Gasteiger partial charge on any atom is -0.352 e. The summed E-state index contributed by atoms with van der Waals surface area (Å²) in [6.07, 6.45) is 7.28. The molecule has 1 saturated heterocycles. The van der Waals surface area contributed by atoms with Gasteiger partial charge in [0.25, 0.3) is 0 Å². The zero-order chi connectivity index (χ0) is 15.1. The fraction of sp³-hybridized carbons (Fsp3) is 0.938. The molecule has 0 aromatic rings. The summed E-state index contributed by atoms with van der Waals surface area (Å²) in [6, 6.07) is 0.402. The van der Waals surface area contributed by atoms with Crippen LogP contribution in [0.2, 0.25) is 0 Å². The fourth-order valence-corrected chi connectivity index (χ4v) is 3.52. The van der Waals surface area contributed by atoms with Gasteiger partial charge in [0.15, 0.2) is 0 Å². The van der Waals surface area contributed by atoms with Crippen molar-refractivity contribution in [3.05, 3.63) is 0 Å². The summed E-state index contributed by atoms with van der Waals surface area (Å²) in [5, 5.41) is 3.26. The van der Waals surface area contributed by atoms with Gasteiger partial charge in [-0.15, -0.1) is 0 Å². The summed E-state index contributed by atoms with van der Waals surface area (Å²) in [4.78, 5) is 17.2. The molecule has 1 heterocycles. The molecule has 1 aliphatic heterocycles. The highest BCUT2D eigenvalue weighted by molar-refractivity contribution is 5.81. The third-order valence-electron chi connectivity index (χ3n) is 4.95. The van der Waals surface area contributed by atoms with Crippen LogP contribution in [0.25, 0.3) is 0 Å². The lowest BCUT2D eigenvalue weighted by atomic mass is 9.95. The van der Waals surface area contributed by atoms with Gasteiger partial charge in [-0.25, -0.2) is 0 Å². The average molecular weight is 296 g/mol. The lowest BCUT2D eigenvalue weighted by Gasteiger charge is -2.30. The molecule has 2 aliphatic rings. The second-order valence-electron chi connectivity index (χ2n) is 6.54. The highest BCUT2D eigenvalue weighted by Crippen LogP contribution is 2.18. The Morgan fingerprint density at radius 3 is 2.62 bits per heavy atom. The molecule has 5 nitrogen and oxygen atoms in total. The summed E-state index contributed by atoms with van der Waals surface area (Å²) in [6.45, 7) is 7.85. The van der Waals surface area contributed by atoms with E-state index >= 15 is 0 Å². The minimum absolute atomic E-state index is 0.00949. The van der Waals surface area contributed by atoms with Crippen LogP contribution >= 0.6 is 0 Å². The summed E-state index contributed by atoms with van der Waals surface area (Å²) >= 11 is 0. The molecule has 1 aliphatic carbocycles. The van der Waals surface area contributed by atoms with Crippen molar-refractivity contribution in [1.29, 1.82) is 0 Å². The second kappa shape index (κ2) is 8.71. The predicted octanol–water partition coefficient (Wildman–Crippen LogP) is 0.790. The molecule has 5 heteroatoms. The first kappa shape index (κ1) is 16.7. The van der Waals surface area contributed by atoms with Crippen LogP contribution in [0.5, 0.6) is 0 Å². The van der Waals surface area contributed by atoms with Crippen molar-refractivity contribution < 1.29 is 4.79 Å². The molecule has 0 spiro atoms. The Morgan fingerprint density at radius 2 is 1.90 bits per heavy atom. The molecular weight excluding hydrogens is 264 g/mol. The molecular formula is C16H32N4O. The SMILES string of the molecule is CC(C(=O)NC1CCCCC1)N1CCCN(CCN)CC1. The van der Waals surface area contributed by atoms with Crippen molar-refractivity contribution in [2.45, 2.75) is 57.5 Å². The van der Waals surface area contributed by atoms with E-state index in [2.05, 4.69) is 22.0 Å². The van der Waals surface area contributed by atoms with Gasteiger partial charge in [-0.05, 0) is 32.7 Å². The number of rotatable bonds is 5. The molecule has 1 atom stereocenters. The number of hydrogen-bond donors (Lipinski definition) is 2. The maximum atomic E-state index is 12.4. The Balaban J connectivity index is 1.78. The first-order valence-corrected chi connectivity index (χ1v) is 8.67. The Kier molecular flexibility index (Phi) is 6.93. The Hall–Kier alpha value is -0.650. The zero-order valence-electron chi connectivity index (χ0n) is 13.5. The van der Waals surface area contributed by atoms with Gasteiger partial charge in [-0.3, -0.25) is 9.69 Å². The zero-order valence-corrected chi connectivity index (χ0v) is 13.5. The Labute approximate surface area is 129 Å². The number of hydrogen-bond acceptors (Lipinski definition) is 4. The van der Waals surface area contributed by atoms with E-state index < -0.39 is 0 Å². The van der Waals surface area contributed by atoms with Crippen molar-refractivity contribution in [3.8, 4) is 0 Å². The number of amides is 1. The summed E-state index contributed by atoms with van der Waals surface area (Å²) in [7, 11) is 0. The largest absolute Gasteiger partial charge is 0.352 e. The maximum Gasteiger partial charge on any atom is 0.237 e. The topological polar surface area (TPSA) is 61.6 Å². The van der Waals surface area contributed by atoms with Crippen LogP contribution in [0.3, 0.4) is 0 Å². The average Bonchev–Trinajstić information content (AvgIpc) is 2.73. The van der Waals surface area contributed by atoms with Crippen molar-refractivity contribution in [2.75, 3.05) is 39.3 Å². The van der Waals surface area contributed by atoms with E-state index in [-0.39, 0.29) is 11.9 Å². The van der Waals surface area contributed by atoms with Gasteiger partial charge < -0.3 is 16.0 Å². The van der Waals surface area contributed by atoms with E-state index in [9.17, 15) is 4.79 Å². The van der Waals surface area contributed by atoms with Gasteiger partial charge in [0.1, 0.15) is 0 Å². The molecule has 0 bridgehead atoms. The van der Waals surface area contributed by atoms with Crippen LogP contribution in [0.4, 0.5) is 0 Å². The van der Waals surface area contributed by atoms with E-state index in [4.69, 9.17) is 5.73 Å². The standard InChI is InChI=1S/C16H32N4O/c1-14(16(21)18-15-6-3-2-4-7-15)20-10-5-9-19(11-8-17)12-13-20/h14-15H,2-13,17H2,1H3,(H,18,21). The van der Waals surface area contributed by atoms with Crippen LogP contribution in [-0.2, 0) is 4.79 Å². The first-order chi connectivity index (χ1) is 10.2. The van der Waals surface area contributed by atoms with Crippen LogP contribution in [0.15, 0.2) is 0 Å². The van der Waals surface area contributed by atoms with Crippen LogP contribution in [-0.4, -0.2) is 67.1 Å². The molecule has 2 fully saturated rings. The van der Waals surface area contributed by atoms with Gasteiger partial charge in [0.05, 0.1) is 6.04 Å². The quantitative estimate of drug-likeness (QED) is 0.787. The third-order valence-corrected chi connectivity index (χ3v) is 4.95. The van der Waals surface area contributed by atoms with Crippen molar-refractivity contribution in [1.82, 2.24) is 15.1 Å². The van der Waals surface area contributed by atoms with Crippen LogP contribution < -0.4 is 11.1 Å². The van der Waals surface area contributed by atoms with Crippen molar-refractivity contribution in [3.63, 3.8) is 0 Å². The lowest BCUT2D eigenvalue weighted by molar-refractivity contribution is -0.126. The molecule has 21 heavy (non-hydrogen) atoms. The molecule has 2 rings (SSSR count). The fourth-order valence-electron chi connectivity index (χ4n) is 3.52. The van der Waals surface area contributed by atoms with E-state index in [1.807, 2.05) is 0 Å². The second-order valence-corrected chi connectivity index (χ2v) is 6.54. The summed E-state index contributed by atoms with van der Waals surface area (Å²) in [5.41, 5.74) is 5.64. The van der Waals surface area contributed by atoms with Gasteiger partial charge in [0.2, 0.25) is 5.91 Å². The Bertz CT molecular complexity index is 317. The summed E-state index contributed by atoms with van der Waals surface area (Å²) in [5.74, 6) is 0.217. The first-order valence-electron chi connectivity index (χ1n) is 8.67. The van der Waals surface area contributed by atoms with Gasteiger partial charge in [-0.2, -0.15) is 0 Å². The van der Waals surface area contributed by atoms with Crippen LogP contribution in [0, 0.1) is 0 Å². The van der Waals surface area contributed by atoms with Crippen molar-refractivity contribution in [2.24, 2.45) is 5.73 Å². The lowest BCUT2D eigenvalue weighted by Crippen LogP contribution is -2.49. The molecule has 3 N–H and O–H groups in total. The highest BCUT2D eigenvalue weighted by Gasteiger charge is 2.25. The normalized spacial score (nSPS) is 24.5. The minimum atomic E-state index is -0.00949. The van der Waals surface area contributed by atoms with E-state index in [0.717, 1.165) is 58.5 Å². The van der Waals surface area contributed by atoms with E-state index in [0.29, 0.717) is 6.04 Å². The molecule has 0 aromatic heterocycles. The molecule has 1 amide bonds. The molecule has 0 radical (unpaired) electrons. The number of nitrogens with zero attached hydrogens (tertiary/aromatic N) is 2. The third kappa shape index (κ3) is 5.24. The maximum absolute atomic E-state index is 12.4. The number of carbonyl (C=O) groups excluding carboxylic acids is 1. The number of nitrogens with one attached hydrogen (secondary N) is 1. The van der Waals surface area contributed by atoms with Gasteiger partial charge in [0, 0.05) is 38.8 Å². The van der Waals surface area contributed by atoms with Gasteiger partial charge in [-0.1, -0.05) is 19.3 Å². The Morgan fingerprint density at radius 1 is 1.14 bits per heavy atom. The number of nitrogens with two attached hydrogens (primary N) is 1.